The molecule has 0 N–H and O–H groups in total. The molecule has 2 heterocycles. The molecular weight excluding hydrogens is 513 g/mol. The number of nitrogens with zero attached hydrogens (tertiary/aromatic N) is 4. The monoisotopic (exact) mass is 548 g/mol. The fourth-order valence-corrected chi connectivity index (χ4v) is 3.02. The van der Waals surface area contributed by atoms with E-state index in [4.69, 9.17) is 0 Å². The highest BCUT2D eigenvalue weighted by Crippen LogP contribution is 2.41. The second kappa shape index (κ2) is 13.7. The summed E-state index contributed by atoms with van der Waals surface area (Å²) in [6.07, 6.45) is 10.9. The number of halogens is 5. The van der Waals surface area contributed by atoms with Gasteiger partial charge in [-0.1, -0.05) is 33.1 Å². The third kappa shape index (κ3) is 7.90. The Balaban J connectivity index is 0. The zero-order chi connectivity index (χ0) is 20.7. The van der Waals surface area contributed by atoms with Crippen molar-refractivity contribution in [3.8, 4) is 0 Å². The van der Waals surface area contributed by atoms with Gasteiger partial charge in [0.25, 0.3) is 11.8 Å². The largest absolute Gasteiger partial charge is 1.00 e. The third-order valence-electron chi connectivity index (χ3n) is 5.41. The van der Waals surface area contributed by atoms with E-state index >= 15 is 0 Å². The van der Waals surface area contributed by atoms with Crippen molar-refractivity contribution in [2.45, 2.75) is 78.7 Å². The predicted molar refractivity (Wildman–Crippen MR) is 102 cm³/mol. The number of unbranched alkanes of at least 4 members (excludes halogenated alkanes) is 4. The smallest absolute Gasteiger partial charge is 0.362 e. The Morgan fingerprint density at radius 2 is 1.69 bits per heavy atom. The summed E-state index contributed by atoms with van der Waals surface area (Å²) >= 11 is 0. The number of rotatable bonds is 8. The highest BCUT2D eigenvalue weighted by atomic mass is 79.9. The lowest BCUT2D eigenvalue weighted by molar-refractivity contribution is -1.07. The average molecular weight is 550 g/mol. The van der Waals surface area contributed by atoms with Crippen molar-refractivity contribution in [3.05, 3.63) is 30.4 Å². The van der Waals surface area contributed by atoms with Crippen LogP contribution < -0.4 is 38.5 Å². The van der Waals surface area contributed by atoms with Crippen LogP contribution in [0.1, 0.15) is 65.1 Å². The van der Waals surface area contributed by atoms with Crippen molar-refractivity contribution in [1.82, 2.24) is 9.47 Å². The van der Waals surface area contributed by atoms with Crippen LogP contribution in [-0.2, 0) is 13.6 Å². The molecule has 2 unspecified atom stereocenters. The lowest BCUT2D eigenvalue weighted by atomic mass is 10.2. The lowest BCUT2D eigenvalue weighted by Crippen LogP contribution is -3.00. The Morgan fingerprint density at radius 3 is 2.10 bits per heavy atom. The molecule has 172 valence electrons. The molecule has 0 spiro atoms. The quantitative estimate of drug-likeness (QED) is 0.176. The molecule has 0 bridgehead atoms. The van der Waals surface area contributed by atoms with E-state index in [0.717, 1.165) is 32.7 Å². The molecule has 0 amide bonds. The second-order valence-corrected chi connectivity index (χ2v) is 7.47. The van der Waals surface area contributed by atoms with Gasteiger partial charge in [0.1, 0.15) is 18.9 Å². The van der Waals surface area contributed by atoms with E-state index in [0.29, 0.717) is 17.5 Å². The van der Waals surface area contributed by atoms with Crippen molar-refractivity contribution < 1.29 is 56.5 Å². The molecule has 1 aromatic heterocycles. The number of aryl methyl sites for hydroxylation is 2. The first-order valence-corrected chi connectivity index (χ1v) is 10.0. The molecule has 9 heteroatoms. The van der Waals surface area contributed by atoms with Gasteiger partial charge >= 0.3 is 5.92 Å². The van der Waals surface area contributed by atoms with E-state index in [1.165, 1.54) is 25.7 Å². The molecule has 0 saturated heterocycles. The number of alkyl halides is 1. The Bertz CT molecular complexity index is 623. The van der Waals surface area contributed by atoms with E-state index < -0.39 is 16.6 Å². The van der Waals surface area contributed by atoms with E-state index in [-0.39, 0.29) is 40.5 Å². The van der Waals surface area contributed by atoms with Crippen LogP contribution in [0.4, 0.5) is 13.3 Å². The van der Waals surface area contributed by atoms with Crippen molar-refractivity contribution >= 4 is 0 Å². The molecule has 0 fully saturated rings. The first-order valence-electron chi connectivity index (χ1n) is 10.0. The van der Waals surface area contributed by atoms with Crippen LogP contribution in [0.3, 0.4) is 0 Å². The Hall–Kier alpha value is -0.540. The summed E-state index contributed by atoms with van der Waals surface area (Å²) in [6.45, 7) is 8.61. The SMILES string of the molecule is CCCCCC[N+]1(F)C=C(F)N(C)C1(C)F.CCCCn1cc[n+](C)c1C.[Br-].[Br-]. The third-order valence-corrected chi connectivity index (χ3v) is 5.41. The predicted octanol–water partition coefficient (Wildman–Crippen LogP) is -0.946. The van der Waals surface area contributed by atoms with Crippen LogP contribution in [0, 0.1) is 6.92 Å². The summed E-state index contributed by atoms with van der Waals surface area (Å²) in [5, 5.41) is 0. The molecule has 4 nitrogen and oxygen atoms in total. The number of hydrogen-bond donors (Lipinski definition) is 0. The summed E-state index contributed by atoms with van der Waals surface area (Å²) in [5.74, 6) is -1.85. The maximum atomic E-state index is 14.2. The average Bonchev–Trinajstić information content (AvgIpc) is 3.01. The minimum absolute atomic E-state index is 0. The number of quaternary nitrogens is 1. The lowest BCUT2D eigenvalue weighted by Gasteiger charge is -2.32. The minimum atomic E-state index is -2.34. The summed E-state index contributed by atoms with van der Waals surface area (Å²) in [5.41, 5.74) is 0. The molecule has 0 aliphatic carbocycles. The van der Waals surface area contributed by atoms with E-state index in [1.807, 2.05) is 6.92 Å². The molecule has 2 atom stereocenters. The first-order chi connectivity index (χ1) is 12.6. The van der Waals surface area contributed by atoms with Gasteiger partial charge in [0.2, 0.25) is 0 Å². The van der Waals surface area contributed by atoms with Crippen LogP contribution >= 0.6 is 0 Å². The Morgan fingerprint density at radius 1 is 1.10 bits per heavy atom. The van der Waals surface area contributed by atoms with Crippen molar-refractivity contribution in [3.63, 3.8) is 0 Å². The molecule has 2 rings (SSSR count). The van der Waals surface area contributed by atoms with Gasteiger partial charge in [0, 0.05) is 31.8 Å². The minimum Gasteiger partial charge on any atom is -1.00 e. The summed E-state index contributed by atoms with van der Waals surface area (Å²) in [6, 6.07) is 0. The molecule has 1 aliphatic heterocycles. The Kier molecular flexibility index (Phi) is 14.5. The van der Waals surface area contributed by atoms with Crippen molar-refractivity contribution in [2.24, 2.45) is 7.05 Å². The van der Waals surface area contributed by atoms with Gasteiger partial charge in [-0.15, -0.1) is 0 Å². The normalized spacial score (nSPS) is 22.9. The summed E-state index contributed by atoms with van der Waals surface area (Å²) in [7, 11) is 3.30. The zero-order valence-corrected chi connectivity index (χ0v) is 21.7. The van der Waals surface area contributed by atoms with E-state index in [9.17, 15) is 13.3 Å². The molecule has 1 aliphatic rings. The van der Waals surface area contributed by atoms with Crippen molar-refractivity contribution in [2.75, 3.05) is 13.6 Å². The zero-order valence-electron chi connectivity index (χ0n) is 18.6. The maximum Gasteiger partial charge on any atom is 0.362 e. The molecule has 0 saturated carbocycles. The fourth-order valence-electron chi connectivity index (χ4n) is 3.02. The van der Waals surface area contributed by atoms with Crippen LogP contribution in [0.15, 0.2) is 24.5 Å². The van der Waals surface area contributed by atoms with Gasteiger partial charge in [-0.05, 0) is 17.5 Å². The van der Waals surface area contributed by atoms with Crippen LogP contribution in [-0.4, -0.2) is 33.7 Å². The van der Waals surface area contributed by atoms with Gasteiger partial charge in [-0.25, -0.2) is 9.13 Å². The van der Waals surface area contributed by atoms with Gasteiger partial charge in [0.15, 0.2) is 6.20 Å². The van der Waals surface area contributed by atoms with E-state index in [1.54, 1.807) is 0 Å². The second-order valence-electron chi connectivity index (χ2n) is 7.47. The van der Waals surface area contributed by atoms with Crippen molar-refractivity contribution in [1.29, 1.82) is 0 Å². The van der Waals surface area contributed by atoms with Gasteiger partial charge in [-0.2, -0.15) is 8.78 Å². The number of hydrogen-bond acceptors (Lipinski definition) is 1. The van der Waals surface area contributed by atoms with Crippen LogP contribution in [0.5, 0.6) is 0 Å². The number of imidazole rings is 1. The standard InChI is InChI=1S/C11H20F3N2.C9H17N2.2BrH/c1-4-5-6-7-8-16(14)9-10(12)15(3)11(16,2)13;1-4-5-6-11-8-7-10(3)9(11)2;;/h9H,4-8H2,1-3H3;7-8H,4-6H2,1-3H3;2*1H/q2*+1;;/p-2. The van der Waals surface area contributed by atoms with Gasteiger partial charge < -0.3 is 34.0 Å². The molecule has 29 heavy (non-hydrogen) atoms. The van der Waals surface area contributed by atoms with E-state index in [2.05, 4.69) is 42.4 Å². The topological polar surface area (TPSA) is 12.1 Å². The van der Waals surface area contributed by atoms with Crippen LogP contribution in [0.2, 0.25) is 0 Å². The number of aromatic nitrogens is 2. The van der Waals surface area contributed by atoms with Crippen LogP contribution in [0.25, 0.3) is 0 Å². The molecular formula is C20H37Br2F3N4. The molecule has 0 aromatic carbocycles. The highest BCUT2D eigenvalue weighted by Gasteiger charge is 2.59. The maximum absolute atomic E-state index is 14.2. The first kappa shape index (κ1) is 30.7. The summed E-state index contributed by atoms with van der Waals surface area (Å²) < 4.78 is 44.4. The molecule has 0 radical (unpaired) electrons. The molecule has 1 aromatic rings. The van der Waals surface area contributed by atoms with Gasteiger partial charge in [-0.3, -0.25) is 4.90 Å². The van der Waals surface area contributed by atoms with Gasteiger partial charge in [0.05, 0.1) is 13.6 Å². The fraction of sp³-hybridized carbons (Fsp3) is 0.750. The summed E-state index contributed by atoms with van der Waals surface area (Å²) in [4.78, 5) is 0.701. The Labute approximate surface area is 195 Å². The highest BCUT2D eigenvalue weighted by molar-refractivity contribution is 4.94.